The second-order valence-corrected chi connectivity index (χ2v) is 16.6. The number of likely N-dealkylation sites (tertiary alicyclic amines) is 1. The van der Waals surface area contributed by atoms with E-state index < -0.39 is 24.3 Å². The van der Waals surface area contributed by atoms with E-state index in [4.69, 9.17) is 24.2 Å². The lowest BCUT2D eigenvalue weighted by molar-refractivity contribution is -0.135. The molecule has 2 saturated heterocycles. The molecule has 4 aliphatic heterocycles. The van der Waals surface area contributed by atoms with E-state index in [2.05, 4.69) is 39.9 Å². The van der Waals surface area contributed by atoms with Crippen LogP contribution in [-0.2, 0) is 25.5 Å². The number of amides is 4. The van der Waals surface area contributed by atoms with Crippen LogP contribution in [0.2, 0.25) is 0 Å². The molecule has 4 amide bonds. The van der Waals surface area contributed by atoms with Crippen molar-refractivity contribution in [1.82, 2.24) is 30.4 Å². The zero-order valence-electron chi connectivity index (χ0n) is 34.0. The Labute approximate surface area is 343 Å². The van der Waals surface area contributed by atoms with Crippen molar-refractivity contribution in [2.24, 2.45) is 16.8 Å². The first kappa shape index (κ1) is 40.9. The molecule has 58 heavy (non-hydrogen) atoms. The molecule has 308 valence electrons. The van der Waals surface area contributed by atoms with Gasteiger partial charge >= 0.3 is 12.2 Å². The summed E-state index contributed by atoms with van der Waals surface area (Å²) < 4.78 is 16.1. The SMILES string of the molecule is CC[C@H](C)[C@H](NC(=O)OC)C(=O)N1CCC[C@H]1C1=NC=C(c2ccc3c(c2)Oc2ccc(-c4cnc([C@@H]5CSCN5C(=O)[C@@H](NC(=O)OC)[C@@H](C)CC)[nH]4)cc2C3)C1. The van der Waals surface area contributed by atoms with Gasteiger partial charge in [-0.2, -0.15) is 0 Å². The van der Waals surface area contributed by atoms with Gasteiger partial charge < -0.3 is 39.6 Å². The van der Waals surface area contributed by atoms with Crippen LogP contribution in [0.15, 0.2) is 53.8 Å². The maximum Gasteiger partial charge on any atom is 0.407 e. The average Bonchev–Trinajstić information content (AvgIpc) is 4.09. The molecular weight excluding hydrogens is 759 g/mol. The summed E-state index contributed by atoms with van der Waals surface area (Å²) in [5.74, 6) is 3.15. The first-order valence-corrected chi connectivity index (χ1v) is 21.3. The van der Waals surface area contributed by atoms with E-state index in [0.29, 0.717) is 36.8 Å². The van der Waals surface area contributed by atoms with E-state index in [0.717, 1.165) is 76.4 Å². The number of ether oxygens (including phenoxy) is 3. The molecule has 7 rings (SSSR count). The summed E-state index contributed by atoms with van der Waals surface area (Å²) in [6, 6.07) is 10.7. The second-order valence-electron chi connectivity index (χ2n) is 15.6. The van der Waals surface area contributed by atoms with E-state index in [1.165, 1.54) is 14.2 Å². The number of fused-ring (bicyclic) bond motifs is 2. The topological polar surface area (TPSA) is 168 Å². The van der Waals surface area contributed by atoms with Gasteiger partial charge in [-0.25, -0.2) is 14.6 Å². The van der Waals surface area contributed by atoms with Crippen LogP contribution in [0, 0.1) is 11.8 Å². The molecule has 0 radical (unpaired) electrons. The molecule has 2 fully saturated rings. The molecule has 6 atom stereocenters. The number of nitrogens with zero attached hydrogens (tertiary/aromatic N) is 4. The number of nitrogens with one attached hydrogen (secondary N) is 3. The molecule has 0 aliphatic carbocycles. The maximum absolute atomic E-state index is 13.8. The molecule has 4 aliphatic rings. The van der Waals surface area contributed by atoms with Gasteiger partial charge in [0, 0.05) is 42.6 Å². The Balaban J connectivity index is 1.00. The van der Waals surface area contributed by atoms with Crippen molar-refractivity contribution in [1.29, 1.82) is 0 Å². The third-order valence-corrected chi connectivity index (χ3v) is 13.1. The summed E-state index contributed by atoms with van der Waals surface area (Å²) in [7, 11) is 2.60. The quantitative estimate of drug-likeness (QED) is 0.136. The van der Waals surface area contributed by atoms with Crippen LogP contribution in [0.1, 0.15) is 88.4 Å². The first-order chi connectivity index (χ1) is 28.0. The van der Waals surface area contributed by atoms with Gasteiger partial charge in [0.25, 0.3) is 0 Å². The number of carbonyl (C=O) groups is 4. The van der Waals surface area contributed by atoms with Crippen LogP contribution in [0.3, 0.4) is 0 Å². The van der Waals surface area contributed by atoms with Crippen LogP contribution in [-0.4, -0.2) is 100.0 Å². The highest BCUT2D eigenvalue weighted by Gasteiger charge is 2.40. The minimum atomic E-state index is -0.694. The molecule has 5 heterocycles. The van der Waals surface area contributed by atoms with Crippen molar-refractivity contribution < 1.29 is 33.4 Å². The predicted molar refractivity (Wildman–Crippen MR) is 223 cm³/mol. The lowest BCUT2D eigenvalue weighted by atomic mass is 9.93. The molecule has 0 saturated carbocycles. The second kappa shape index (κ2) is 17.7. The number of aromatic amines is 1. The Morgan fingerprint density at radius 2 is 1.57 bits per heavy atom. The van der Waals surface area contributed by atoms with Crippen molar-refractivity contribution in [3.63, 3.8) is 0 Å². The summed E-state index contributed by atoms with van der Waals surface area (Å²) >= 11 is 1.66. The van der Waals surface area contributed by atoms with Crippen LogP contribution < -0.4 is 15.4 Å². The Kier molecular flexibility index (Phi) is 12.5. The lowest BCUT2D eigenvalue weighted by Gasteiger charge is -2.31. The van der Waals surface area contributed by atoms with Crippen LogP contribution in [0.25, 0.3) is 16.8 Å². The van der Waals surface area contributed by atoms with E-state index in [1.54, 1.807) is 22.9 Å². The van der Waals surface area contributed by atoms with Crippen molar-refractivity contribution in [2.75, 3.05) is 32.4 Å². The molecule has 3 aromatic rings. The number of benzene rings is 2. The van der Waals surface area contributed by atoms with Gasteiger partial charge in [0.2, 0.25) is 11.8 Å². The summed E-state index contributed by atoms with van der Waals surface area (Å²) in [5.41, 5.74) is 6.99. The highest BCUT2D eigenvalue weighted by atomic mass is 32.2. The highest BCUT2D eigenvalue weighted by Crippen LogP contribution is 2.41. The van der Waals surface area contributed by atoms with Gasteiger partial charge in [-0.15, -0.1) is 11.8 Å². The molecule has 1 aromatic heterocycles. The van der Waals surface area contributed by atoms with Crippen LogP contribution >= 0.6 is 11.8 Å². The zero-order valence-corrected chi connectivity index (χ0v) is 34.8. The van der Waals surface area contributed by atoms with E-state index in [-0.39, 0.29) is 35.7 Å². The number of hydrogen-bond acceptors (Lipinski definition) is 10. The fourth-order valence-electron chi connectivity index (χ4n) is 8.14. The lowest BCUT2D eigenvalue weighted by Crippen LogP contribution is -2.54. The Morgan fingerprint density at radius 1 is 0.879 bits per heavy atom. The fourth-order valence-corrected chi connectivity index (χ4v) is 9.31. The monoisotopic (exact) mass is 811 g/mol. The van der Waals surface area contributed by atoms with Gasteiger partial charge in [0.15, 0.2) is 0 Å². The van der Waals surface area contributed by atoms with Crippen LogP contribution in [0.5, 0.6) is 11.5 Å². The number of allylic oxidation sites excluding steroid dienone is 1. The maximum atomic E-state index is 13.8. The number of aliphatic imine (C=N–C) groups is 1. The molecule has 0 bridgehead atoms. The van der Waals surface area contributed by atoms with Gasteiger partial charge in [-0.3, -0.25) is 14.6 Å². The minimum absolute atomic E-state index is 0.0452. The van der Waals surface area contributed by atoms with E-state index in [9.17, 15) is 19.2 Å². The van der Waals surface area contributed by atoms with Crippen molar-refractivity contribution in [3.05, 3.63) is 71.3 Å². The largest absolute Gasteiger partial charge is 0.457 e. The number of methoxy groups -OCH3 is 2. The Bertz CT molecular complexity index is 2120. The number of imidazole rings is 1. The van der Waals surface area contributed by atoms with Crippen molar-refractivity contribution in [3.8, 4) is 22.8 Å². The van der Waals surface area contributed by atoms with Crippen molar-refractivity contribution >= 4 is 47.0 Å². The summed E-state index contributed by atoms with van der Waals surface area (Å²) in [5, 5.41) is 5.51. The molecule has 2 aromatic carbocycles. The molecule has 0 spiro atoms. The number of carbonyl (C=O) groups excluding carboxylic acids is 4. The fraction of sp³-hybridized carbons (Fsp3) is 0.488. The van der Waals surface area contributed by atoms with Gasteiger partial charge in [-0.05, 0) is 71.2 Å². The predicted octanol–water partition coefficient (Wildman–Crippen LogP) is 7.07. The third-order valence-electron chi connectivity index (χ3n) is 12.0. The normalized spacial score (nSPS) is 20.4. The summed E-state index contributed by atoms with van der Waals surface area (Å²) in [6.45, 7) is 8.54. The smallest absolute Gasteiger partial charge is 0.407 e. The molecule has 0 unspecified atom stereocenters. The third kappa shape index (κ3) is 8.31. The molecule has 3 N–H and O–H groups in total. The zero-order chi connectivity index (χ0) is 41.1. The number of H-pyrrole nitrogens is 1. The molecule has 14 nitrogen and oxygen atoms in total. The number of rotatable bonds is 12. The van der Waals surface area contributed by atoms with Gasteiger partial charge in [-0.1, -0.05) is 52.7 Å². The van der Waals surface area contributed by atoms with E-state index in [1.807, 2.05) is 50.9 Å². The van der Waals surface area contributed by atoms with Gasteiger partial charge in [0.05, 0.1) is 44.1 Å². The first-order valence-electron chi connectivity index (χ1n) is 20.2. The Hall–Kier alpha value is -5.31. The summed E-state index contributed by atoms with van der Waals surface area (Å²) in [6.07, 6.45) is 6.98. The highest BCUT2D eigenvalue weighted by molar-refractivity contribution is 7.99. The minimum Gasteiger partial charge on any atom is -0.457 e. The Morgan fingerprint density at radius 3 is 2.26 bits per heavy atom. The molecule has 15 heteroatoms. The van der Waals surface area contributed by atoms with Gasteiger partial charge in [0.1, 0.15) is 29.4 Å². The average molecular weight is 812 g/mol. The molecular formula is C43H53N7O7S. The van der Waals surface area contributed by atoms with E-state index >= 15 is 0 Å². The number of aromatic nitrogens is 2. The number of alkyl carbamates (subject to hydrolysis) is 2. The number of hydrogen-bond donors (Lipinski definition) is 3. The number of thioether (sulfide) groups is 1. The summed E-state index contributed by atoms with van der Waals surface area (Å²) in [4.78, 5) is 68.4. The van der Waals surface area contributed by atoms with Crippen LogP contribution in [0.4, 0.5) is 9.59 Å². The standard InChI is InChI=1S/C43H53N7O7S/c1-7-24(3)37(47-42(53)55-5)40(51)49-15-9-10-33(49)31-18-30(20-44-31)26-11-12-28-17-29-16-27(13-14-35(29)57-36(28)19-26)32-21-45-39(46-32)34-22-58-23-50(34)41(52)38(25(4)8-2)48-43(54)56-6/h11-14,16,19-21,24-25,33-34,37-38H,7-10,15,17-18,22-23H2,1-6H3,(H,45,46)(H,47,53)(H,48,54)/t24-,25-,33-,34-,37-,38-/m0/s1. The van der Waals surface area contributed by atoms with Crippen molar-refractivity contribution in [2.45, 2.75) is 90.4 Å².